The first kappa shape index (κ1) is 22.2. The molecule has 0 saturated carbocycles. The Morgan fingerprint density at radius 1 is 1.20 bits per heavy atom. The molecule has 5 nitrogen and oxygen atoms in total. The maximum atomic E-state index is 12.7. The number of halogens is 2. The Morgan fingerprint density at radius 2 is 1.97 bits per heavy atom. The zero-order chi connectivity index (χ0) is 21.7. The first-order valence-corrected chi connectivity index (χ1v) is 10.6. The van der Waals surface area contributed by atoms with Gasteiger partial charge in [-0.1, -0.05) is 47.5 Å². The lowest BCUT2D eigenvalue weighted by Gasteiger charge is -2.29. The van der Waals surface area contributed by atoms with E-state index in [1.165, 1.54) is 6.08 Å². The molecular formula is C23H23Cl2NO4. The summed E-state index contributed by atoms with van der Waals surface area (Å²) in [5, 5.41) is 9.96. The molecule has 1 aliphatic rings. The summed E-state index contributed by atoms with van der Waals surface area (Å²) in [5.41, 5.74) is 2.24. The number of carboxylic acid groups (broad SMARTS) is 1. The number of ether oxygens (including phenoxy) is 1. The van der Waals surface area contributed by atoms with Crippen molar-refractivity contribution in [1.29, 1.82) is 0 Å². The lowest BCUT2D eigenvalue weighted by Crippen LogP contribution is -2.41. The number of hydrogen-bond donors (Lipinski definition) is 1. The Morgan fingerprint density at radius 3 is 2.70 bits per heavy atom. The molecule has 0 radical (unpaired) electrons. The van der Waals surface area contributed by atoms with Crippen LogP contribution < -0.4 is 4.74 Å². The van der Waals surface area contributed by atoms with Gasteiger partial charge >= 0.3 is 5.97 Å². The lowest BCUT2D eigenvalue weighted by molar-refractivity contribution is -0.144. The molecule has 1 aliphatic heterocycles. The summed E-state index contributed by atoms with van der Waals surface area (Å²) < 4.78 is 5.74. The van der Waals surface area contributed by atoms with E-state index in [1.807, 2.05) is 37.3 Å². The summed E-state index contributed by atoms with van der Waals surface area (Å²) >= 11 is 12.7. The van der Waals surface area contributed by atoms with E-state index in [4.69, 9.17) is 27.9 Å². The largest absolute Gasteiger partial charge is 0.493 e. The summed E-state index contributed by atoms with van der Waals surface area (Å²) in [5.74, 6) is -0.940. The highest BCUT2D eigenvalue weighted by Gasteiger charge is 2.27. The second-order valence-electron chi connectivity index (χ2n) is 7.05. The molecule has 1 fully saturated rings. The first-order chi connectivity index (χ1) is 14.4. The maximum absolute atomic E-state index is 12.7. The van der Waals surface area contributed by atoms with E-state index in [0.717, 1.165) is 11.1 Å². The summed E-state index contributed by atoms with van der Waals surface area (Å²) in [6.45, 7) is 3.17. The molecule has 1 N–H and O–H groups in total. The van der Waals surface area contributed by atoms with Crippen molar-refractivity contribution in [2.45, 2.75) is 19.8 Å². The van der Waals surface area contributed by atoms with E-state index < -0.39 is 11.9 Å². The smallest absolute Gasteiger partial charge is 0.308 e. The summed E-state index contributed by atoms with van der Waals surface area (Å²) in [6, 6.07) is 11.1. The SMILES string of the molecule is CCOc1ccccc1-c1ccc(Cl)c(Cl)c1/C=C/C(=O)N1CCCC(C(=O)O)C1. The van der Waals surface area contributed by atoms with Gasteiger partial charge < -0.3 is 14.7 Å². The second kappa shape index (κ2) is 10.0. The van der Waals surface area contributed by atoms with Crippen molar-refractivity contribution in [3.8, 4) is 16.9 Å². The molecule has 0 aliphatic carbocycles. The zero-order valence-electron chi connectivity index (χ0n) is 16.6. The van der Waals surface area contributed by atoms with Gasteiger partial charge in [-0.2, -0.15) is 0 Å². The third-order valence-corrected chi connectivity index (χ3v) is 5.90. The predicted octanol–water partition coefficient (Wildman–Crippen LogP) is 5.40. The van der Waals surface area contributed by atoms with Crippen LogP contribution in [0.15, 0.2) is 42.5 Å². The molecule has 0 spiro atoms. The highest BCUT2D eigenvalue weighted by molar-refractivity contribution is 6.43. The zero-order valence-corrected chi connectivity index (χ0v) is 18.1. The Labute approximate surface area is 185 Å². The highest BCUT2D eigenvalue weighted by Crippen LogP contribution is 2.39. The number of para-hydroxylation sites is 1. The Balaban J connectivity index is 1.93. The molecular weight excluding hydrogens is 425 g/mol. The molecule has 1 saturated heterocycles. The molecule has 7 heteroatoms. The summed E-state index contributed by atoms with van der Waals surface area (Å²) in [4.78, 5) is 25.5. The monoisotopic (exact) mass is 447 g/mol. The molecule has 1 unspecified atom stereocenters. The molecule has 2 aromatic carbocycles. The van der Waals surface area contributed by atoms with Crippen molar-refractivity contribution in [3.05, 3.63) is 58.1 Å². The fourth-order valence-corrected chi connectivity index (χ4v) is 3.97. The normalized spacial score (nSPS) is 16.6. The van der Waals surface area contributed by atoms with Crippen LogP contribution in [0.1, 0.15) is 25.3 Å². The molecule has 0 bridgehead atoms. The molecule has 1 atom stereocenters. The third kappa shape index (κ3) is 4.97. The number of likely N-dealkylation sites (tertiary alicyclic amines) is 1. The van der Waals surface area contributed by atoms with Gasteiger partial charge in [-0.25, -0.2) is 0 Å². The molecule has 158 valence electrons. The number of carbonyl (C=O) groups excluding carboxylic acids is 1. The van der Waals surface area contributed by atoms with Gasteiger partial charge in [-0.3, -0.25) is 9.59 Å². The number of carboxylic acids is 1. The maximum Gasteiger partial charge on any atom is 0.308 e. The second-order valence-corrected chi connectivity index (χ2v) is 7.83. The third-order valence-electron chi connectivity index (χ3n) is 5.08. The fourth-order valence-electron chi connectivity index (χ4n) is 3.57. The standard InChI is InChI=1S/C23H23Cl2NO4/c1-2-30-20-8-4-3-7-17(20)16-9-11-19(24)22(25)18(16)10-12-21(27)26-13-5-6-15(14-26)23(28)29/h3-4,7-12,15H,2,5-6,13-14H2,1H3,(H,28,29)/b12-10+. The van der Waals surface area contributed by atoms with Gasteiger partial charge in [-0.15, -0.1) is 0 Å². The number of rotatable bonds is 6. The minimum Gasteiger partial charge on any atom is -0.493 e. The molecule has 2 aromatic rings. The average molecular weight is 448 g/mol. The number of benzene rings is 2. The van der Waals surface area contributed by atoms with Crippen LogP contribution in [0.4, 0.5) is 0 Å². The van der Waals surface area contributed by atoms with Crippen LogP contribution in [0.25, 0.3) is 17.2 Å². The Kier molecular flexibility index (Phi) is 7.40. The van der Waals surface area contributed by atoms with E-state index in [-0.39, 0.29) is 12.5 Å². The molecule has 1 amide bonds. The van der Waals surface area contributed by atoms with Crippen LogP contribution in [-0.4, -0.2) is 41.6 Å². The van der Waals surface area contributed by atoms with Crippen molar-refractivity contribution in [2.75, 3.05) is 19.7 Å². The van der Waals surface area contributed by atoms with Crippen molar-refractivity contribution in [2.24, 2.45) is 5.92 Å². The number of amides is 1. The van der Waals surface area contributed by atoms with Gasteiger partial charge in [0.15, 0.2) is 0 Å². The highest BCUT2D eigenvalue weighted by atomic mass is 35.5. The van der Waals surface area contributed by atoms with Crippen LogP contribution in [0.5, 0.6) is 5.75 Å². The van der Waals surface area contributed by atoms with Crippen LogP contribution in [0, 0.1) is 5.92 Å². The molecule has 0 aromatic heterocycles. The molecule has 1 heterocycles. The van der Waals surface area contributed by atoms with E-state index in [1.54, 1.807) is 17.0 Å². The predicted molar refractivity (Wildman–Crippen MR) is 119 cm³/mol. The van der Waals surface area contributed by atoms with Crippen molar-refractivity contribution >= 4 is 41.2 Å². The Bertz CT molecular complexity index is 974. The van der Waals surface area contributed by atoms with E-state index in [2.05, 4.69) is 0 Å². The molecule has 30 heavy (non-hydrogen) atoms. The average Bonchev–Trinajstić information content (AvgIpc) is 2.75. The van der Waals surface area contributed by atoms with Crippen LogP contribution in [0.3, 0.4) is 0 Å². The first-order valence-electron chi connectivity index (χ1n) is 9.82. The van der Waals surface area contributed by atoms with E-state index in [0.29, 0.717) is 47.4 Å². The van der Waals surface area contributed by atoms with Gasteiger partial charge in [0.2, 0.25) is 5.91 Å². The van der Waals surface area contributed by atoms with Crippen LogP contribution >= 0.6 is 23.2 Å². The lowest BCUT2D eigenvalue weighted by atomic mass is 9.97. The van der Waals surface area contributed by atoms with Gasteiger partial charge in [0, 0.05) is 30.3 Å². The quantitative estimate of drug-likeness (QED) is 0.602. The molecule has 3 rings (SSSR count). The van der Waals surface area contributed by atoms with Crippen LogP contribution in [-0.2, 0) is 9.59 Å². The van der Waals surface area contributed by atoms with Crippen molar-refractivity contribution in [3.63, 3.8) is 0 Å². The number of carbonyl (C=O) groups is 2. The van der Waals surface area contributed by atoms with Gasteiger partial charge in [-0.05, 0) is 43.5 Å². The Hall–Kier alpha value is -2.50. The summed E-state index contributed by atoms with van der Waals surface area (Å²) in [7, 11) is 0. The van der Waals surface area contributed by atoms with Gasteiger partial charge in [0.1, 0.15) is 5.75 Å². The van der Waals surface area contributed by atoms with E-state index in [9.17, 15) is 14.7 Å². The number of hydrogen-bond acceptors (Lipinski definition) is 3. The summed E-state index contributed by atoms with van der Waals surface area (Å²) in [6.07, 6.45) is 4.32. The fraction of sp³-hybridized carbons (Fsp3) is 0.304. The van der Waals surface area contributed by atoms with Crippen molar-refractivity contribution < 1.29 is 19.4 Å². The number of aliphatic carboxylic acids is 1. The number of piperidine rings is 1. The van der Waals surface area contributed by atoms with Crippen molar-refractivity contribution in [1.82, 2.24) is 4.90 Å². The topological polar surface area (TPSA) is 66.8 Å². The number of nitrogens with zero attached hydrogens (tertiary/aromatic N) is 1. The van der Waals surface area contributed by atoms with Gasteiger partial charge in [0.25, 0.3) is 0 Å². The van der Waals surface area contributed by atoms with Crippen LogP contribution in [0.2, 0.25) is 10.0 Å². The van der Waals surface area contributed by atoms with Gasteiger partial charge in [0.05, 0.1) is 22.6 Å². The minimum atomic E-state index is -0.871. The minimum absolute atomic E-state index is 0.210. The van der Waals surface area contributed by atoms with E-state index >= 15 is 0 Å².